The maximum Gasteiger partial charge on any atom is 0.407 e. The summed E-state index contributed by atoms with van der Waals surface area (Å²) in [6.45, 7) is 13.8. The Morgan fingerprint density at radius 3 is 1.14 bits per heavy atom. The van der Waals surface area contributed by atoms with Crippen LogP contribution in [0.2, 0.25) is 0 Å². The van der Waals surface area contributed by atoms with Gasteiger partial charge in [0.15, 0.2) is 23.8 Å². The van der Waals surface area contributed by atoms with Gasteiger partial charge in [-0.1, -0.05) is 99.8 Å². The van der Waals surface area contributed by atoms with Gasteiger partial charge < -0.3 is 48.5 Å². The Morgan fingerprint density at radius 2 is 0.779 bits per heavy atom. The molecule has 2 atom stereocenters. The first-order chi connectivity index (χ1) is 37.0. The van der Waals surface area contributed by atoms with E-state index in [1.807, 2.05) is 84.9 Å². The Bertz CT molecular complexity index is 3000. The number of ketones is 2. The number of hydrogen-bond donors (Lipinski definition) is 2. The van der Waals surface area contributed by atoms with Gasteiger partial charge in [0.2, 0.25) is 0 Å². The van der Waals surface area contributed by atoms with Gasteiger partial charge in [0.1, 0.15) is 62.6 Å². The topological polar surface area (TPSA) is 200 Å². The molecule has 2 aliphatic rings. The van der Waals surface area contributed by atoms with Crippen molar-refractivity contribution in [1.29, 1.82) is 0 Å². The number of fused-ring (bicyclic) bond motifs is 6. The molecule has 396 valence electrons. The lowest BCUT2D eigenvalue weighted by Crippen LogP contribution is -2.37. The Hall–Kier alpha value is -9.18. The first-order valence-corrected chi connectivity index (χ1v) is 24.9. The van der Waals surface area contributed by atoms with Gasteiger partial charge in [-0.2, -0.15) is 0 Å². The molecule has 0 fully saturated rings. The van der Waals surface area contributed by atoms with Gasteiger partial charge in [-0.15, -0.1) is 0 Å². The van der Waals surface area contributed by atoms with Crippen LogP contribution in [-0.4, -0.2) is 101 Å². The third-order valence-corrected chi connectivity index (χ3v) is 12.7. The molecule has 8 rings (SSSR count). The van der Waals surface area contributed by atoms with Gasteiger partial charge in [-0.3, -0.25) is 9.59 Å². The van der Waals surface area contributed by atoms with Crippen molar-refractivity contribution in [2.45, 2.75) is 45.3 Å². The van der Waals surface area contributed by atoms with Gasteiger partial charge in [0.05, 0.1) is 13.1 Å². The molecule has 6 aromatic carbocycles. The van der Waals surface area contributed by atoms with E-state index in [0.29, 0.717) is 45.3 Å². The maximum atomic E-state index is 13.0. The number of hydrogen-bond acceptors (Lipinski definition) is 14. The summed E-state index contributed by atoms with van der Waals surface area (Å²) in [6, 6.07) is 40.3. The summed E-state index contributed by atoms with van der Waals surface area (Å²) < 4.78 is 46.1. The number of benzene rings is 6. The summed E-state index contributed by atoms with van der Waals surface area (Å²) >= 11 is 0. The molecule has 0 heterocycles. The molecule has 0 saturated heterocycles. The molecular weight excluding hydrogens is 985 g/mol. The van der Waals surface area contributed by atoms with Crippen molar-refractivity contribution >= 4 is 35.7 Å². The number of carbonyl (C=O) groups is 6. The highest BCUT2D eigenvalue weighted by Crippen LogP contribution is 2.40. The lowest BCUT2D eigenvalue weighted by Gasteiger charge is -2.27. The number of alkyl carbamates (subject to hydrolysis) is 2. The number of esters is 2. The Kier molecular flexibility index (Phi) is 17.2. The van der Waals surface area contributed by atoms with E-state index in [1.165, 1.54) is 13.8 Å². The standard InChI is InChI=1S/C61H58N2O14/c1-37(2)57(66)70-29-27-62-59(68)76-45(35-74-43-23-25-51-53(31-43)47-11-7-9-13-49(47)55(51)64)33-72-41-19-15-39(16-20-41)61(5,6)40-17-21-42(22-18-40)73-34-46(77-60(69)63-28-30-71-58(67)38(3)4)36-75-44-24-26-52-54(32-44)48-12-8-10-14-50(48)56(52)65/h7-26,31-32,45-46H,1,3,27-30,33-36H2,2,4-6H3,(H,62,68)(H,63,69). The van der Waals surface area contributed by atoms with Crippen LogP contribution in [0.1, 0.15) is 70.7 Å². The van der Waals surface area contributed by atoms with Crippen molar-refractivity contribution in [1.82, 2.24) is 10.6 Å². The molecule has 0 radical (unpaired) electrons. The van der Waals surface area contributed by atoms with Crippen molar-refractivity contribution in [3.63, 3.8) is 0 Å². The van der Waals surface area contributed by atoms with E-state index in [-0.39, 0.29) is 75.4 Å². The highest BCUT2D eigenvalue weighted by atomic mass is 16.6. The monoisotopic (exact) mass is 1040 g/mol. The molecule has 16 nitrogen and oxygen atoms in total. The van der Waals surface area contributed by atoms with Crippen molar-refractivity contribution in [2.24, 2.45) is 0 Å². The summed E-state index contributed by atoms with van der Waals surface area (Å²) in [5.41, 5.74) is 7.49. The minimum absolute atomic E-state index is 0.00176. The summed E-state index contributed by atoms with van der Waals surface area (Å²) in [6.07, 6.45) is -3.31. The van der Waals surface area contributed by atoms with Crippen LogP contribution in [0, 0.1) is 0 Å². The van der Waals surface area contributed by atoms with Crippen molar-refractivity contribution in [2.75, 3.05) is 52.7 Å². The summed E-state index contributed by atoms with van der Waals surface area (Å²) in [5, 5.41) is 5.15. The molecule has 2 amide bonds. The van der Waals surface area contributed by atoms with Crippen LogP contribution < -0.4 is 29.6 Å². The Morgan fingerprint density at radius 1 is 0.455 bits per heavy atom. The number of amides is 2. The smallest absolute Gasteiger partial charge is 0.407 e. The molecule has 0 saturated carbocycles. The number of nitrogens with one attached hydrogen (secondary N) is 2. The van der Waals surface area contributed by atoms with Gasteiger partial charge in [0, 0.05) is 38.8 Å². The normalized spacial score (nSPS) is 12.6. The van der Waals surface area contributed by atoms with Crippen molar-refractivity contribution < 1.29 is 66.7 Å². The maximum absolute atomic E-state index is 13.0. The number of rotatable bonds is 24. The molecule has 0 aliphatic heterocycles. The van der Waals surface area contributed by atoms with E-state index >= 15 is 0 Å². The lowest BCUT2D eigenvalue weighted by molar-refractivity contribution is -0.139. The van der Waals surface area contributed by atoms with Crippen LogP contribution >= 0.6 is 0 Å². The molecule has 77 heavy (non-hydrogen) atoms. The fourth-order valence-electron chi connectivity index (χ4n) is 8.51. The molecule has 0 bridgehead atoms. The van der Waals surface area contributed by atoms with Gasteiger partial charge in [0.25, 0.3) is 0 Å². The predicted molar refractivity (Wildman–Crippen MR) is 286 cm³/mol. The second-order valence-corrected chi connectivity index (χ2v) is 18.8. The van der Waals surface area contributed by atoms with Crippen LogP contribution in [0.4, 0.5) is 9.59 Å². The van der Waals surface area contributed by atoms with Crippen molar-refractivity contribution in [3.8, 4) is 45.3 Å². The third kappa shape index (κ3) is 13.4. The van der Waals surface area contributed by atoms with E-state index in [1.54, 1.807) is 48.5 Å². The molecule has 0 spiro atoms. The minimum Gasteiger partial charge on any atom is -0.490 e. The van der Waals surface area contributed by atoms with Crippen LogP contribution in [0.25, 0.3) is 22.3 Å². The molecule has 2 N–H and O–H groups in total. The zero-order valence-corrected chi connectivity index (χ0v) is 43.1. The minimum atomic E-state index is -0.889. The average molecular weight is 1040 g/mol. The summed E-state index contributed by atoms with van der Waals surface area (Å²) in [4.78, 5) is 75.3. The quantitative estimate of drug-likeness (QED) is 0.0251. The van der Waals surface area contributed by atoms with E-state index < -0.39 is 41.7 Å². The zero-order chi connectivity index (χ0) is 54.6. The highest BCUT2D eigenvalue weighted by molar-refractivity contribution is 6.22. The fraction of sp³-hybridized carbons (Fsp3) is 0.246. The Labute approximate surface area is 445 Å². The number of carbonyl (C=O) groups excluding carboxylic acids is 6. The average Bonchev–Trinajstić information content (AvgIpc) is 3.94. The highest BCUT2D eigenvalue weighted by Gasteiger charge is 2.29. The number of ether oxygens (including phenoxy) is 8. The van der Waals surface area contributed by atoms with Crippen LogP contribution in [0.15, 0.2) is 158 Å². The van der Waals surface area contributed by atoms with Gasteiger partial charge >= 0.3 is 24.1 Å². The second-order valence-electron chi connectivity index (χ2n) is 18.8. The van der Waals surface area contributed by atoms with Crippen molar-refractivity contribution in [3.05, 3.63) is 191 Å². The fourth-order valence-corrected chi connectivity index (χ4v) is 8.51. The largest absolute Gasteiger partial charge is 0.490 e. The molecule has 6 aromatic rings. The summed E-state index contributed by atoms with van der Waals surface area (Å²) in [5.74, 6) is 0.715. The van der Waals surface area contributed by atoms with Crippen LogP contribution in [-0.2, 0) is 34.0 Å². The van der Waals surface area contributed by atoms with E-state index in [0.717, 1.165) is 33.4 Å². The third-order valence-electron chi connectivity index (χ3n) is 12.7. The molecular formula is C61H58N2O14. The van der Waals surface area contributed by atoms with E-state index in [9.17, 15) is 28.8 Å². The van der Waals surface area contributed by atoms with Crippen LogP contribution in [0.3, 0.4) is 0 Å². The van der Waals surface area contributed by atoms with Gasteiger partial charge in [-0.05, 0) is 108 Å². The molecule has 2 aliphatic carbocycles. The first-order valence-electron chi connectivity index (χ1n) is 24.9. The van der Waals surface area contributed by atoms with Crippen LogP contribution in [0.5, 0.6) is 23.0 Å². The summed E-state index contributed by atoms with van der Waals surface area (Å²) in [7, 11) is 0. The molecule has 16 heteroatoms. The van der Waals surface area contributed by atoms with Gasteiger partial charge in [-0.25, -0.2) is 19.2 Å². The van der Waals surface area contributed by atoms with E-state index in [2.05, 4.69) is 37.6 Å². The molecule has 2 unspecified atom stereocenters. The SMILES string of the molecule is C=C(C)C(=O)OCCNC(=O)OC(COc1ccc(C(C)(C)c2ccc(OCC(COc3ccc4c(c3)-c3ccccc3C4=O)OC(=O)NCCOC(=O)C(=C)C)cc2)cc1)COc1ccc2c(c1)-c1ccccc1C2=O. The lowest BCUT2D eigenvalue weighted by atomic mass is 9.78. The zero-order valence-electron chi connectivity index (χ0n) is 43.1. The van der Waals surface area contributed by atoms with E-state index in [4.69, 9.17) is 37.9 Å². The molecule has 0 aromatic heterocycles. The Balaban J connectivity index is 0.879. The predicted octanol–water partition coefficient (Wildman–Crippen LogP) is 9.78. The second kappa shape index (κ2) is 24.4. The first kappa shape index (κ1) is 54.1.